The maximum atomic E-state index is 2.50. The van der Waals surface area contributed by atoms with E-state index < -0.39 is 0 Å². The number of benzene rings is 1. The second-order valence-electron chi connectivity index (χ2n) is 5.75. The van der Waals surface area contributed by atoms with E-state index in [1.54, 1.807) is 5.56 Å². The smallest absolute Gasteiger partial charge is 0.0298 e. The van der Waals surface area contributed by atoms with Gasteiger partial charge in [-0.1, -0.05) is 45.6 Å². The summed E-state index contributed by atoms with van der Waals surface area (Å²) in [4.78, 5) is 0. The van der Waals surface area contributed by atoms with Gasteiger partial charge >= 0.3 is 0 Å². The van der Waals surface area contributed by atoms with E-state index in [1.807, 2.05) is 0 Å². The highest BCUT2D eigenvalue weighted by Gasteiger charge is 2.10. The largest absolute Gasteiger partial charge is 0.0654 e. The van der Waals surface area contributed by atoms with Gasteiger partial charge in [0.25, 0.3) is 0 Å². The normalized spacial score (nSPS) is 12.7. The monoisotopic (exact) mass is 484 g/mol. The molecule has 2 heteroatoms. The maximum Gasteiger partial charge on any atom is 0.0298 e. The highest BCUT2D eigenvalue weighted by molar-refractivity contribution is 14.1. The summed E-state index contributed by atoms with van der Waals surface area (Å²) in [5, 5.41) is 0. The summed E-state index contributed by atoms with van der Waals surface area (Å²) < 4.78 is 2.88. The minimum Gasteiger partial charge on any atom is -0.0654 e. The number of aryl methyl sites for hydroxylation is 2. The van der Waals surface area contributed by atoms with Crippen LogP contribution in [0.4, 0.5) is 0 Å². The molecular formula is C17H26I2. The third-order valence-corrected chi connectivity index (χ3v) is 7.72. The Morgan fingerprint density at radius 1 is 1.05 bits per heavy atom. The Bertz CT molecular complexity index is 410. The van der Waals surface area contributed by atoms with Gasteiger partial charge in [-0.05, 0) is 94.5 Å². The van der Waals surface area contributed by atoms with E-state index in [0.717, 1.165) is 5.92 Å². The van der Waals surface area contributed by atoms with Crippen LogP contribution in [0, 0.1) is 26.9 Å². The SMILES string of the molecule is CCCCCC(C)CCc1cc(C)c(I)c(I)c1C. The molecule has 0 N–H and O–H groups in total. The fourth-order valence-corrected chi connectivity index (χ4v) is 3.79. The van der Waals surface area contributed by atoms with Crippen molar-refractivity contribution >= 4 is 45.2 Å². The molecule has 1 aromatic carbocycles. The van der Waals surface area contributed by atoms with Gasteiger partial charge in [0.05, 0.1) is 0 Å². The molecule has 0 aliphatic heterocycles. The minimum atomic E-state index is 0.864. The average Bonchev–Trinajstić information content (AvgIpc) is 2.39. The summed E-state index contributed by atoms with van der Waals surface area (Å²) in [6.07, 6.45) is 8.10. The third kappa shape index (κ3) is 5.52. The van der Waals surface area contributed by atoms with E-state index in [1.165, 1.54) is 56.8 Å². The van der Waals surface area contributed by atoms with Gasteiger partial charge in [0.15, 0.2) is 0 Å². The molecule has 0 amide bonds. The number of rotatable bonds is 7. The van der Waals surface area contributed by atoms with Gasteiger partial charge in [-0.15, -0.1) is 0 Å². The van der Waals surface area contributed by atoms with Crippen LogP contribution in [0.25, 0.3) is 0 Å². The predicted molar refractivity (Wildman–Crippen MR) is 103 cm³/mol. The van der Waals surface area contributed by atoms with E-state index in [4.69, 9.17) is 0 Å². The van der Waals surface area contributed by atoms with Crippen LogP contribution >= 0.6 is 45.2 Å². The van der Waals surface area contributed by atoms with Crippen LogP contribution in [0.3, 0.4) is 0 Å². The van der Waals surface area contributed by atoms with E-state index >= 15 is 0 Å². The Hall–Kier alpha value is 0.680. The molecule has 1 unspecified atom stereocenters. The Balaban J connectivity index is 2.58. The molecule has 0 spiro atoms. The summed E-state index contributed by atoms with van der Waals surface area (Å²) in [6, 6.07) is 2.40. The van der Waals surface area contributed by atoms with Gasteiger partial charge in [0, 0.05) is 7.14 Å². The van der Waals surface area contributed by atoms with E-state index in [9.17, 15) is 0 Å². The van der Waals surface area contributed by atoms with E-state index in [-0.39, 0.29) is 0 Å². The van der Waals surface area contributed by atoms with Crippen LogP contribution < -0.4 is 0 Å². The molecule has 0 aliphatic carbocycles. The van der Waals surface area contributed by atoms with Gasteiger partial charge < -0.3 is 0 Å². The van der Waals surface area contributed by atoms with Crippen LogP contribution in [0.5, 0.6) is 0 Å². The standard InChI is InChI=1S/C17H26I2/c1-5-6-7-8-12(2)9-10-15-11-13(3)16(18)17(19)14(15)4/h11-12H,5-10H2,1-4H3. The third-order valence-electron chi connectivity index (χ3n) is 3.95. The zero-order valence-corrected chi connectivity index (χ0v) is 17.0. The zero-order valence-electron chi connectivity index (χ0n) is 12.7. The van der Waals surface area contributed by atoms with Gasteiger partial charge in [0.2, 0.25) is 0 Å². The summed E-state index contributed by atoms with van der Waals surface area (Å²) in [7, 11) is 0. The average molecular weight is 484 g/mol. The van der Waals surface area contributed by atoms with Crippen molar-refractivity contribution in [1.82, 2.24) is 0 Å². The lowest BCUT2D eigenvalue weighted by atomic mass is 9.93. The molecule has 0 heterocycles. The van der Waals surface area contributed by atoms with Crippen molar-refractivity contribution in [2.24, 2.45) is 5.92 Å². The quantitative estimate of drug-likeness (QED) is 0.300. The van der Waals surface area contributed by atoms with E-state index in [0.29, 0.717) is 0 Å². The van der Waals surface area contributed by atoms with E-state index in [2.05, 4.69) is 78.9 Å². The molecule has 0 saturated carbocycles. The van der Waals surface area contributed by atoms with Crippen molar-refractivity contribution in [3.8, 4) is 0 Å². The highest BCUT2D eigenvalue weighted by atomic mass is 127. The molecule has 0 nitrogen and oxygen atoms in total. The van der Waals surface area contributed by atoms with Crippen molar-refractivity contribution in [3.05, 3.63) is 29.9 Å². The highest BCUT2D eigenvalue weighted by Crippen LogP contribution is 2.27. The van der Waals surface area contributed by atoms with Crippen molar-refractivity contribution in [2.45, 2.75) is 66.2 Å². The summed E-state index contributed by atoms with van der Waals surface area (Å²) in [6.45, 7) is 9.21. The summed E-state index contributed by atoms with van der Waals surface area (Å²) in [5.74, 6) is 0.864. The zero-order chi connectivity index (χ0) is 14.4. The lowest BCUT2D eigenvalue weighted by molar-refractivity contribution is 0.464. The summed E-state index contributed by atoms with van der Waals surface area (Å²) >= 11 is 4.97. The first kappa shape index (κ1) is 17.7. The summed E-state index contributed by atoms with van der Waals surface area (Å²) in [5.41, 5.74) is 4.49. The van der Waals surface area contributed by atoms with Gasteiger partial charge in [-0.25, -0.2) is 0 Å². The Labute approximate surface area is 146 Å². The molecule has 0 bridgehead atoms. The van der Waals surface area contributed by atoms with Crippen LogP contribution in [0.15, 0.2) is 6.07 Å². The predicted octanol–water partition coefficient (Wildman–Crippen LogP) is 6.66. The Morgan fingerprint density at radius 3 is 2.37 bits per heavy atom. The Morgan fingerprint density at radius 2 is 1.74 bits per heavy atom. The molecule has 1 atom stereocenters. The number of hydrogen-bond acceptors (Lipinski definition) is 0. The molecule has 1 aromatic rings. The molecule has 0 aliphatic rings. The van der Waals surface area contributed by atoms with Crippen molar-refractivity contribution in [3.63, 3.8) is 0 Å². The van der Waals surface area contributed by atoms with Crippen molar-refractivity contribution in [2.75, 3.05) is 0 Å². The van der Waals surface area contributed by atoms with Crippen LogP contribution in [-0.4, -0.2) is 0 Å². The fourth-order valence-electron chi connectivity index (χ4n) is 2.46. The maximum absolute atomic E-state index is 2.50. The first-order chi connectivity index (χ1) is 8.97. The van der Waals surface area contributed by atoms with Gasteiger partial charge in [0.1, 0.15) is 0 Å². The molecule has 1 rings (SSSR count). The molecule has 0 saturated heterocycles. The second kappa shape index (κ2) is 8.85. The molecule has 0 aromatic heterocycles. The molecule has 19 heavy (non-hydrogen) atoms. The molecule has 0 radical (unpaired) electrons. The number of unbranched alkanes of at least 4 members (excludes halogenated alkanes) is 2. The first-order valence-electron chi connectivity index (χ1n) is 7.41. The van der Waals surface area contributed by atoms with Crippen molar-refractivity contribution < 1.29 is 0 Å². The Kier molecular flexibility index (Phi) is 8.26. The lowest BCUT2D eigenvalue weighted by Crippen LogP contribution is -2.02. The minimum absolute atomic E-state index is 0.864. The molecule has 0 fully saturated rings. The fraction of sp³-hybridized carbons (Fsp3) is 0.647. The van der Waals surface area contributed by atoms with Crippen LogP contribution in [0.2, 0.25) is 0 Å². The first-order valence-corrected chi connectivity index (χ1v) is 9.57. The van der Waals surface area contributed by atoms with Crippen LogP contribution in [0.1, 0.15) is 62.6 Å². The van der Waals surface area contributed by atoms with Gasteiger partial charge in [-0.2, -0.15) is 0 Å². The topological polar surface area (TPSA) is 0 Å². The second-order valence-corrected chi connectivity index (χ2v) is 7.90. The van der Waals surface area contributed by atoms with Gasteiger partial charge in [-0.3, -0.25) is 0 Å². The molecule has 108 valence electrons. The number of halogens is 2. The van der Waals surface area contributed by atoms with Crippen molar-refractivity contribution in [1.29, 1.82) is 0 Å². The number of hydrogen-bond donors (Lipinski definition) is 0. The molecular weight excluding hydrogens is 458 g/mol. The lowest BCUT2D eigenvalue weighted by Gasteiger charge is -2.15. The van der Waals surface area contributed by atoms with Crippen LogP contribution in [-0.2, 0) is 6.42 Å².